The van der Waals surface area contributed by atoms with Gasteiger partial charge in [0.1, 0.15) is 0 Å². The van der Waals surface area contributed by atoms with E-state index in [-0.39, 0.29) is 0 Å². The Kier molecular flexibility index (Phi) is 1.65. The Hall–Kier alpha value is -0.830. The Morgan fingerprint density at radius 3 is 2.77 bits per heavy atom. The van der Waals surface area contributed by atoms with Crippen LogP contribution in [0.5, 0.6) is 0 Å². The van der Waals surface area contributed by atoms with E-state index >= 15 is 0 Å². The second-order valence-corrected chi connectivity index (χ2v) is 4.19. The van der Waals surface area contributed by atoms with Crippen LogP contribution in [0.15, 0.2) is 12.4 Å². The van der Waals surface area contributed by atoms with E-state index in [2.05, 4.69) is 27.5 Å². The Balaban J connectivity index is 1.76. The van der Waals surface area contributed by atoms with Gasteiger partial charge in [-0.1, -0.05) is 6.42 Å². The van der Waals surface area contributed by atoms with Crippen LogP contribution in [-0.2, 0) is 0 Å². The smallest absolute Gasteiger partial charge is 0.0767 e. The average molecular weight is 177 g/mol. The lowest BCUT2D eigenvalue weighted by molar-refractivity contribution is 0.317. The molecule has 13 heavy (non-hydrogen) atoms. The monoisotopic (exact) mass is 177 g/mol. The second-order valence-electron chi connectivity index (χ2n) is 4.19. The van der Waals surface area contributed by atoms with E-state index in [0.717, 1.165) is 19.0 Å². The van der Waals surface area contributed by atoms with Crippen LogP contribution < -0.4 is 5.32 Å². The molecule has 1 aromatic heterocycles. The van der Waals surface area contributed by atoms with Gasteiger partial charge in [0.25, 0.3) is 0 Å². The summed E-state index contributed by atoms with van der Waals surface area (Å²) in [5.74, 6) is 0.821. The third kappa shape index (κ3) is 1.18. The van der Waals surface area contributed by atoms with Crippen molar-refractivity contribution in [3.8, 4) is 0 Å². The first kappa shape index (κ1) is 7.56. The highest BCUT2D eigenvalue weighted by molar-refractivity contribution is 5.14. The van der Waals surface area contributed by atoms with E-state index in [0.29, 0.717) is 6.04 Å². The molecule has 1 N–H and O–H groups in total. The highest BCUT2D eigenvalue weighted by atomic mass is 15.3. The third-order valence-corrected chi connectivity index (χ3v) is 3.33. The molecule has 1 aliphatic carbocycles. The number of aromatic nitrogens is 2. The summed E-state index contributed by atoms with van der Waals surface area (Å²) in [5.41, 5.74) is 1.46. The van der Waals surface area contributed by atoms with Gasteiger partial charge in [-0.15, -0.1) is 0 Å². The minimum absolute atomic E-state index is 0.619. The molecule has 1 saturated heterocycles. The summed E-state index contributed by atoms with van der Waals surface area (Å²) >= 11 is 0. The maximum absolute atomic E-state index is 4.42. The number of rotatable bonds is 2. The van der Waals surface area contributed by atoms with Crippen LogP contribution in [0.2, 0.25) is 0 Å². The summed E-state index contributed by atoms with van der Waals surface area (Å²) in [6.07, 6.45) is 8.45. The molecule has 0 unspecified atom stereocenters. The fourth-order valence-electron chi connectivity index (χ4n) is 1.97. The molecule has 0 amide bonds. The molecule has 2 fully saturated rings. The van der Waals surface area contributed by atoms with Gasteiger partial charge in [0, 0.05) is 19.3 Å². The van der Waals surface area contributed by atoms with Crippen molar-refractivity contribution in [1.82, 2.24) is 15.1 Å². The van der Waals surface area contributed by atoms with Crippen LogP contribution >= 0.6 is 0 Å². The molecule has 70 valence electrons. The number of hydrogen-bond acceptors (Lipinski definition) is 2. The van der Waals surface area contributed by atoms with Crippen molar-refractivity contribution in [3.05, 3.63) is 18.0 Å². The lowest BCUT2D eigenvalue weighted by Crippen LogP contribution is -2.43. The molecule has 1 aromatic rings. The molecule has 0 radical (unpaired) electrons. The van der Waals surface area contributed by atoms with Crippen LogP contribution in [0.1, 0.15) is 36.8 Å². The van der Waals surface area contributed by atoms with Crippen LogP contribution in [-0.4, -0.2) is 22.9 Å². The van der Waals surface area contributed by atoms with Crippen molar-refractivity contribution in [2.75, 3.05) is 13.1 Å². The van der Waals surface area contributed by atoms with Gasteiger partial charge < -0.3 is 5.32 Å². The zero-order valence-electron chi connectivity index (χ0n) is 7.74. The maximum Gasteiger partial charge on any atom is 0.0767 e. The minimum atomic E-state index is 0.619. The van der Waals surface area contributed by atoms with Crippen molar-refractivity contribution in [2.24, 2.45) is 0 Å². The third-order valence-electron chi connectivity index (χ3n) is 3.33. The lowest BCUT2D eigenvalue weighted by Gasteiger charge is -2.27. The largest absolute Gasteiger partial charge is 0.312 e. The van der Waals surface area contributed by atoms with E-state index in [1.807, 2.05) is 0 Å². The van der Waals surface area contributed by atoms with Gasteiger partial charge in [0.05, 0.1) is 12.2 Å². The van der Waals surface area contributed by atoms with Crippen molar-refractivity contribution in [3.63, 3.8) is 0 Å². The van der Waals surface area contributed by atoms with E-state index in [4.69, 9.17) is 0 Å². The van der Waals surface area contributed by atoms with Gasteiger partial charge in [-0.3, -0.25) is 4.68 Å². The van der Waals surface area contributed by atoms with Crippen molar-refractivity contribution < 1.29 is 0 Å². The van der Waals surface area contributed by atoms with Gasteiger partial charge in [-0.2, -0.15) is 5.10 Å². The summed E-state index contributed by atoms with van der Waals surface area (Å²) in [6.45, 7) is 2.18. The number of nitrogens with zero attached hydrogens (tertiary/aromatic N) is 2. The Morgan fingerprint density at radius 2 is 2.23 bits per heavy atom. The zero-order valence-corrected chi connectivity index (χ0v) is 7.74. The van der Waals surface area contributed by atoms with Crippen molar-refractivity contribution in [2.45, 2.75) is 31.2 Å². The molecule has 0 bridgehead atoms. The molecule has 0 spiro atoms. The molecule has 3 nitrogen and oxygen atoms in total. The first-order valence-corrected chi connectivity index (χ1v) is 5.18. The average Bonchev–Trinajstić information content (AvgIpc) is 2.29. The normalized spacial score (nSPS) is 24.0. The van der Waals surface area contributed by atoms with Gasteiger partial charge in [0.2, 0.25) is 0 Å². The molecule has 3 rings (SSSR count). The van der Waals surface area contributed by atoms with Gasteiger partial charge in [-0.25, -0.2) is 0 Å². The summed E-state index contributed by atoms with van der Waals surface area (Å²) in [6, 6.07) is 0.619. The van der Waals surface area contributed by atoms with Gasteiger partial charge in [-0.05, 0) is 24.3 Å². The Labute approximate surface area is 78.1 Å². The summed E-state index contributed by atoms with van der Waals surface area (Å²) < 4.78 is 2.13. The number of hydrogen-bond donors (Lipinski definition) is 1. The fraction of sp³-hybridized carbons (Fsp3) is 0.700. The minimum Gasteiger partial charge on any atom is -0.312 e. The zero-order chi connectivity index (χ0) is 8.67. The van der Waals surface area contributed by atoms with Crippen molar-refractivity contribution >= 4 is 0 Å². The molecule has 0 aromatic carbocycles. The first-order chi connectivity index (χ1) is 6.43. The quantitative estimate of drug-likeness (QED) is 0.737. The van der Waals surface area contributed by atoms with E-state index in [1.54, 1.807) is 0 Å². The highest BCUT2D eigenvalue weighted by Gasteiger charge is 2.24. The molecule has 3 heteroatoms. The molecule has 1 saturated carbocycles. The second kappa shape index (κ2) is 2.84. The molecule has 2 heterocycles. The first-order valence-electron chi connectivity index (χ1n) is 5.18. The van der Waals surface area contributed by atoms with Gasteiger partial charge in [0.15, 0.2) is 0 Å². The van der Waals surface area contributed by atoms with E-state index < -0.39 is 0 Å². The number of nitrogens with one attached hydrogen (secondary N) is 1. The summed E-state index contributed by atoms with van der Waals surface area (Å²) in [7, 11) is 0. The summed E-state index contributed by atoms with van der Waals surface area (Å²) in [4.78, 5) is 0. The van der Waals surface area contributed by atoms with Crippen LogP contribution in [0, 0.1) is 0 Å². The highest BCUT2D eigenvalue weighted by Crippen LogP contribution is 2.36. The predicted molar refractivity (Wildman–Crippen MR) is 50.7 cm³/mol. The van der Waals surface area contributed by atoms with Crippen LogP contribution in [0.4, 0.5) is 0 Å². The van der Waals surface area contributed by atoms with Crippen LogP contribution in [0.3, 0.4) is 0 Å². The summed E-state index contributed by atoms with van der Waals surface area (Å²) in [5, 5.41) is 7.68. The van der Waals surface area contributed by atoms with E-state index in [9.17, 15) is 0 Å². The Bertz CT molecular complexity index is 268. The fourth-order valence-corrected chi connectivity index (χ4v) is 1.97. The topological polar surface area (TPSA) is 29.9 Å². The molecule has 0 atom stereocenters. The molecular weight excluding hydrogens is 162 g/mol. The molecule has 1 aliphatic heterocycles. The predicted octanol–water partition coefficient (Wildman–Crippen LogP) is 1.29. The SMILES string of the molecule is c1nn(C2CNC2)cc1C1CCC1. The standard InChI is InChI=1S/C10H15N3/c1-2-8(3-1)9-4-12-13(7-9)10-5-11-6-10/h4,7-8,10-11H,1-3,5-6H2. The van der Waals surface area contributed by atoms with E-state index in [1.165, 1.54) is 24.8 Å². The van der Waals surface area contributed by atoms with Crippen LogP contribution in [0.25, 0.3) is 0 Å². The maximum atomic E-state index is 4.42. The lowest BCUT2D eigenvalue weighted by atomic mass is 9.81. The van der Waals surface area contributed by atoms with Crippen molar-refractivity contribution in [1.29, 1.82) is 0 Å². The molecule has 2 aliphatic rings. The molecular formula is C10H15N3. The van der Waals surface area contributed by atoms with Gasteiger partial charge >= 0.3 is 0 Å². The Morgan fingerprint density at radius 1 is 1.38 bits per heavy atom.